The number of hydrogen-bond donors (Lipinski definition) is 1. The van der Waals surface area contributed by atoms with Crippen LogP contribution in [0.4, 0.5) is 4.39 Å². The fourth-order valence-corrected chi connectivity index (χ4v) is 5.26. The SMILES string of the molecule is CC(C)[C@@H](NC(=O)CC1=C(F)CCC=C1)C(=O)N1CC[C@H](C2=CC=C(Cl)CC2)C(C)(C)C1. The third-order valence-electron chi connectivity index (χ3n) is 6.92. The Kier molecular flexibility index (Phi) is 8.02. The van der Waals surface area contributed by atoms with E-state index >= 15 is 0 Å². The molecule has 2 aliphatic carbocycles. The fourth-order valence-electron chi connectivity index (χ4n) is 5.10. The predicted octanol–water partition coefficient (Wildman–Crippen LogP) is 5.81. The number of halogens is 2. The maximum atomic E-state index is 14.0. The molecule has 0 saturated carbocycles. The van der Waals surface area contributed by atoms with Gasteiger partial charge >= 0.3 is 0 Å². The minimum atomic E-state index is -0.610. The lowest BCUT2D eigenvalue weighted by Gasteiger charge is -2.46. The molecule has 6 heteroatoms. The molecule has 0 aromatic carbocycles. The fraction of sp³-hybridized carbons (Fsp3) is 0.615. The van der Waals surface area contributed by atoms with Crippen molar-refractivity contribution in [1.29, 1.82) is 0 Å². The molecule has 32 heavy (non-hydrogen) atoms. The highest BCUT2D eigenvalue weighted by Gasteiger charge is 2.41. The summed E-state index contributed by atoms with van der Waals surface area (Å²) >= 11 is 6.13. The van der Waals surface area contributed by atoms with Crippen LogP contribution in [-0.4, -0.2) is 35.8 Å². The Hall–Kier alpha value is -1.88. The third kappa shape index (κ3) is 5.92. The van der Waals surface area contributed by atoms with Crippen molar-refractivity contribution in [1.82, 2.24) is 10.2 Å². The first-order valence-corrected chi connectivity index (χ1v) is 12.1. The molecule has 1 N–H and O–H groups in total. The van der Waals surface area contributed by atoms with Gasteiger partial charge in [0, 0.05) is 24.5 Å². The van der Waals surface area contributed by atoms with Gasteiger partial charge in [0.25, 0.3) is 0 Å². The van der Waals surface area contributed by atoms with Crippen molar-refractivity contribution in [2.75, 3.05) is 13.1 Å². The van der Waals surface area contributed by atoms with Crippen molar-refractivity contribution in [2.24, 2.45) is 17.3 Å². The van der Waals surface area contributed by atoms with E-state index in [4.69, 9.17) is 11.6 Å². The van der Waals surface area contributed by atoms with E-state index in [9.17, 15) is 14.0 Å². The lowest BCUT2D eigenvalue weighted by molar-refractivity contribution is -0.141. The largest absolute Gasteiger partial charge is 0.344 e. The molecule has 1 aliphatic heterocycles. The summed E-state index contributed by atoms with van der Waals surface area (Å²) in [7, 11) is 0. The molecule has 0 aromatic heterocycles. The average Bonchev–Trinajstić information content (AvgIpc) is 2.73. The van der Waals surface area contributed by atoms with Crippen molar-refractivity contribution in [3.8, 4) is 0 Å². The smallest absolute Gasteiger partial charge is 0.245 e. The molecule has 0 radical (unpaired) electrons. The highest BCUT2D eigenvalue weighted by molar-refractivity contribution is 6.29. The Labute approximate surface area is 196 Å². The zero-order chi connectivity index (χ0) is 23.5. The first-order valence-electron chi connectivity index (χ1n) is 11.8. The molecule has 1 saturated heterocycles. The van der Waals surface area contributed by atoms with Crippen LogP contribution in [0.1, 0.15) is 66.2 Å². The molecule has 2 atom stereocenters. The molecule has 2 amide bonds. The number of allylic oxidation sites excluding steroid dienone is 7. The van der Waals surface area contributed by atoms with Crippen LogP contribution in [0.5, 0.6) is 0 Å². The summed E-state index contributed by atoms with van der Waals surface area (Å²) in [5.41, 5.74) is 1.76. The number of carbonyl (C=O) groups is 2. The van der Waals surface area contributed by atoms with Gasteiger partial charge in [0.1, 0.15) is 11.9 Å². The summed E-state index contributed by atoms with van der Waals surface area (Å²) in [4.78, 5) is 27.9. The summed E-state index contributed by atoms with van der Waals surface area (Å²) in [6.07, 6.45) is 11.4. The number of rotatable bonds is 6. The Bertz CT molecular complexity index is 869. The van der Waals surface area contributed by atoms with E-state index in [1.807, 2.05) is 30.9 Å². The topological polar surface area (TPSA) is 49.4 Å². The monoisotopic (exact) mass is 462 g/mol. The number of piperidine rings is 1. The Morgan fingerprint density at radius 2 is 2.00 bits per heavy atom. The number of nitrogens with one attached hydrogen (secondary N) is 1. The van der Waals surface area contributed by atoms with E-state index in [0.717, 1.165) is 24.3 Å². The van der Waals surface area contributed by atoms with Crippen LogP contribution in [0.2, 0.25) is 0 Å². The van der Waals surface area contributed by atoms with Gasteiger partial charge in [-0.15, -0.1) is 0 Å². The summed E-state index contributed by atoms with van der Waals surface area (Å²) in [5, 5.41) is 3.79. The van der Waals surface area contributed by atoms with Crippen molar-refractivity contribution < 1.29 is 14.0 Å². The van der Waals surface area contributed by atoms with Crippen molar-refractivity contribution in [3.63, 3.8) is 0 Å². The molecule has 4 nitrogen and oxygen atoms in total. The van der Waals surface area contributed by atoms with Crippen LogP contribution in [-0.2, 0) is 9.59 Å². The van der Waals surface area contributed by atoms with Crippen LogP contribution >= 0.6 is 11.6 Å². The molecular weight excluding hydrogens is 427 g/mol. The van der Waals surface area contributed by atoms with Gasteiger partial charge in [-0.1, -0.05) is 63.1 Å². The predicted molar refractivity (Wildman–Crippen MR) is 128 cm³/mol. The number of amides is 2. The summed E-state index contributed by atoms with van der Waals surface area (Å²) in [5.74, 6) is -0.228. The minimum Gasteiger partial charge on any atom is -0.344 e. The van der Waals surface area contributed by atoms with Crippen LogP contribution in [0.25, 0.3) is 0 Å². The van der Waals surface area contributed by atoms with Crippen molar-refractivity contribution in [3.05, 3.63) is 46.3 Å². The van der Waals surface area contributed by atoms with E-state index in [0.29, 0.717) is 37.4 Å². The van der Waals surface area contributed by atoms with Gasteiger partial charge in [0.05, 0.1) is 6.42 Å². The maximum Gasteiger partial charge on any atom is 0.245 e. The number of carbonyl (C=O) groups excluding carboxylic acids is 2. The molecular formula is C26H36ClFN2O2. The molecule has 1 fully saturated rings. The molecule has 0 bridgehead atoms. The van der Waals surface area contributed by atoms with Gasteiger partial charge < -0.3 is 10.2 Å². The quantitative estimate of drug-likeness (QED) is 0.541. The number of nitrogens with zero attached hydrogens (tertiary/aromatic N) is 1. The first-order chi connectivity index (χ1) is 15.1. The lowest BCUT2D eigenvalue weighted by atomic mass is 9.68. The third-order valence-corrected chi connectivity index (χ3v) is 7.23. The normalized spacial score (nSPS) is 24.2. The van der Waals surface area contributed by atoms with Crippen molar-refractivity contribution in [2.45, 2.75) is 72.3 Å². The Balaban J connectivity index is 1.65. The van der Waals surface area contributed by atoms with E-state index in [2.05, 4.69) is 25.2 Å². The zero-order valence-electron chi connectivity index (χ0n) is 19.7. The van der Waals surface area contributed by atoms with Crippen LogP contribution in [0.3, 0.4) is 0 Å². The van der Waals surface area contributed by atoms with E-state index in [1.165, 1.54) is 5.57 Å². The Morgan fingerprint density at radius 1 is 1.25 bits per heavy atom. The Morgan fingerprint density at radius 3 is 2.59 bits per heavy atom. The molecule has 3 aliphatic rings. The number of likely N-dealkylation sites (tertiary alicyclic amines) is 1. The summed E-state index contributed by atoms with van der Waals surface area (Å²) in [6, 6.07) is -0.610. The molecule has 0 aromatic rings. The molecule has 3 rings (SSSR count). The van der Waals surface area contributed by atoms with Crippen LogP contribution < -0.4 is 5.32 Å². The van der Waals surface area contributed by atoms with Gasteiger partial charge in [0.2, 0.25) is 11.8 Å². The van der Waals surface area contributed by atoms with E-state index < -0.39 is 6.04 Å². The van der Waals surface area contributed by atoms with Crippen molar-refractivity contribution >= 4 is 23.4 Å². The van der Waals surface area contributed by atoms with Crippen LogP contribution in [0.15, 0.2) is 46.3 Å². The lowest BCUT2D eigenvalue weighted by Crippen LogP contribution is -2.56. The summed E-state index contributed by atoms with van der Waals surface area (Å²) in [6.45, 7) is 9.61. The maximum absolute atomic E-state index is 14.0. The van der Waals surface area contributed by atoms with Gasteiger partial charge in [-0.05, 0) is 54.6 Å². The number of hydrogen-bond acceptors (Lipinski definition) is 2. The highest BCUT2D eigenvalue weighted by atomic mass is 35.5. The second-order valence-corrected chi connectivity index (χ2v) is 10.8. The van der Waals surface area contributed by atoms with E-state index in [-0.39, 0.29) is 35.4 Å². The standard InChI is InChI=1S/C26H36ClFN2O2/c1-17(2)24(29-23(31)15-19-7-5-6-8-22(19)28)25(32)30-14-13-21(26(3,4)16-30)18-9-11-20(27)12-10-18/h5,7,9,11,17,21,24H,6,8,10,12-16H2,1-4H3,(H,29,31)/t21-,24-/m1/s1. The highest BCUT2D eigenvalue weighted by Crippen LogP contribution is 2.43. The molecule has 0 spiro atoms. The van der Waals surface area contributed by atoms with Crippen LogP contribution in [0, 0.1) is 17.3 Å². The van der Waals surface area contributed by atoms with Gasteiger partial charge in [-0.3, -0.25) is 9.59 Å². The first kappa shape index (κ1) is 24.8. The molecule has 0 unspecified atom stereocenters. The zero-order valence-corrected chi connectivity index (χ0v) is 20.5. The average molecular weight is 463 g/mol. The second-order valence-electron chi connectivity index (χ2n) is 10.3. The van der Waals surface area contributed by atoms with Gasteiger partial charge in [-0.25, -0.2) is 4.39 Å². The van der Waals surface area contributed by atoms with E-state index in [1.54, 1.807) is 6.08 Å². The minimum absolute atomic E-state index is 0.0311. The summed E-state index contributed by atoms with van der Waals surface area (Å²) < 4.78 is 14.0. The van der Waals surface area contributed by atoms with Gasteiger partial charge in [-0.2, -0.15) is 0 Å². The molecule has 176 valence electrons. The van der Waals surface area contributed by atoms with Gasteiger partial charge in [0.15, 0.2) is 0 Å². The molecule has 1 heterocycles. The second kappa shape index (κ2) is 10.4.